The van der Waals surface area contributed by atoms with E-state index in [1.165, 1.54) is 24.3 Å². The summed E-state index contributed by atoms with van der Waals surface area (Å²) in [7, 11) is 0. The minimum absolute atomic E-state index is 0.0862. The molecule has 0 aromatic carbocycles. The normalized spacial score (nSPS) is 31.2. The molecule has 0 aliphatic heterocycles. The van der Waals surface area contributed by atoms with Gasteiger partial charge in [-0.3, -0.25) is 9.98 Å². The van der Waals surface area contributed by atoms with Crippen LogP contribution in [0.1, 0.15) is 87.5 Å². The molecule has 0 heterocycles. The maximum Gasteiger partial charge on any atom is 0.0602 e. The van der Waals surface area contributed by atoms with Crippen molar-refractivity contribution in [2.45, 2.75) is 99.1 Å². The second-order valence-electron chi connectivity index (χ2n) is 8.81. The Morgan fingerprint density at radius 2 is 1.55 bits per heavy atom. The summed E-state index contributed by atoms with van der Waals surface area (Å²) in [6.45, 7) is 18.2. The smallest absolute Gasteiger partial charge is 0.0602 e. The van der Waals surface area contributed by atoms with E-state index in [1.807, 2.05) is 0 Å². The molecule has 2 nitrogen and oxygen atoms in total. The average Bonchev–Trinajstić information content (AvgIpc) is 2.22. The molecule has 1 aliphatic carbocycles. The van der Waals surface area contributed by atoms with E-state index >= 15 is 0 Å². The third kappa shape index (κ3) is 7.07. The Morgan fingerprint density at radius 1 is 1.00 bits per heavy atom. The zero-order chi connectivity index (χ0) is 16.9. The van der Waals surface area contributed by atoms with Gasteiger partial charge in [0.2, 0.25) is 0 Å². The van der Waals surface area contributed by atoms with Crippen LogP contribution in [0.4, 0.5) is 0 Å². The quantitative estimate of drug-likeness (QED) is 0.542. The summed E-state index contributed by atoms with van der Waals surface area (Å²) in [5.74, 6) is 2.10. The highest BCUT2D eigenvalue weighted by molar-refractivity contribution is 5.83. The van der Waals surface area contributed by atoms with Gasteiger partial charge in [0.15, 0.2) is 0 Å². The van der Waals surface area contributed by atoms with Crippen LogP contribution in [-0.4, -0.2) is 23.0 Å². The second kappa shape index (κ2) is 8.26. The average molecular weight is 307 g/mol. The fraction of sp³-hybridized carbons (Fsp3) is 0.900. The molecule has 0 radical (unpaired) electrons. The summed E-state index contributed by atoms with van der Waals surface area (Å²) in [5, 5.41) is 0. The van der Waals surface area contributed by atoms with Crippen molar-refractivity contribution in [3.8, 4) is 0 Å². The Balaban J connectivity index is 2.81. The van der Waals surface area contributed by atoms with Gasteiger partial charge in [0.1, 0.15) is 0 Å². The summed E-state index contributed by atoms with van der Waals surface area (Å²) >= 11 is 0. The largest absolute Gasteiger partial charge is 0.291 e. The van der Waals surface area contributed by atoms with Crippen LogP contribution < -0.4 is 0 Å². The van der Waals surface area contributed by atoms with Crippen molar-refractivity contribution in [3.63, 3.8) is 0 Å². The first-order valence-electron chi connectivity index (χ1n) is 9.18. The predicted octanol–water partition coefficient (Wildman–Crippen LogP) is 5.95. The Morgan fingerprint density at radius 3 is 2.09 bits per heavy atom. The lowest BCUT2D eigenvalue weighted by Crippen LogP contribution is -2.37. The molecule has 0 aromatic heterocycles. The molecule has 1 rings (SSSR count). The maximum absolute atomic E-state index is 5.12. The Labute approximate surface area is 138 Å². The monoisotopic (exact) mass is 306 g/mol. The molecule has 3 atom stereocenters. The topological polar surface area (TPSA) is 24.7 Å². The van der Waals surface area contributed by atoms with Gasteiger partial charge in [-0.15, -0.1) is 0 Å². The minimum atomic E-state index is 0.0862. The summed E-state index contributed by atoms with van der Waals surface area (Å²) in [5.41, 5.74) is 2.72. The van der Waals surface area contributed by atoms with E-state index in [0.29, 0.717) is 17.9 Å². The molecule has 0 N–H and O–H groups in total. The van der Waals surface area contributed by atoms with Crippen LogP contribution in [0.5, 0.6) is 0 Å². The first-order chi connectivity index (χ1) is 10.1. The Kier molecular flexibility index (Phi) is 7.28. The van der Waals surface area contributed by atoms with Gasteiger partial charge < -0.3 is 0 Å². The van der Waals surface area contributed by atoms with Crippen LogP contribution >= 0.6 is 0 Å². The van der Waals surface area contributed by atoms with E-state index in [2.05, 4.69) is 55.4 Å². The van der Waals surface area contributed by atoms with Gasteiger partial charge in [-0.25, -0.2) is 0 Å². The van der Waals surface area contributed by atoms with Gasteiger partial charge >= 0.3 is 0 Å². The lowest BCUT2D eigenvalue weighted by molar-refractivity contribution is 0.232. The zero-order valence-corrected chi connectivity index (χ0v) is 16.2. The van der Waals surface area contributed by atoms with Crippen LogP contribution in [0.2, 0.25) is 0 Å². The third-order valence-corrected chi connectivity index (χ3v) is 4.41. The van der Waals surface area contributed by atoms with Crippen molar-refractivity contribution in [2.24, 2.45) is 27.7 Å². The van der Waals surface area contributed by atoms with Crippen molar-refractivity contribution in [1.29, 1.82) is 0 Å². The van der Waals surface area contributed by atoms with Gasteiger partial charge in [0.05, 0.1) is 11.6 Å². The summed E-state index contributed by atoms with van der Waals surface area (Å²) in [4.78, 5) is 10.2. The van der Waals surface area contributed by atoms with Crippen molar-refractivity contribution < 1.29 is 0 Å². The van der Waals surface area contributed by atoms with Crippen LogP contribution in [0, 0.1) is 17.8 Å². The van der Waals surface area contributed by atoms with E-state index in [4.69, 9.17) is 9.98 Å². The number of nitrogens with zero attached hydrogens (tertiary/aromatic N) is 2. The second-order valence-corrected chi connectivity index (χ2v) is 8.81. The number of hydrogen-bond donors (Lipinski definition) is 0. The highest BCUT2D eigenvalue weighted by Gasteiger charge is 2.35. The molecule has 3 unspecified atom stereocenters. The molecular weight excluding hydrogens is 268 g/mol. The van der Waals surface area contributed by atoms with Gasteiger partial charge in [-0.05, 0) is 70.6 Å². The number of hydrogen-bond acceptors (Lipinski definition) is 2. The zero-order valence-electron chi connectivity index (χ0n) is 16.2. The molecule has 0 saturated heterocycles. The van der Waals surface area contributed by atoms with Crippen LogP contribution in [0.3, 0.4) is 0 Å². The van der Waals surface area contributed by atoms with Crippen LogP contribution in [-0.2, 0) is 0 Å². The Hall–Kier alpha value is -0.660. The fourth-order valence-electron chi connectivity index (χ4n) is 4.21. The van der Waals surface area contributed by atoms with Crippen molar-refractivity contribution in [1.82, 2.24) is 0 Å². The van der Waals surface area contributed by atoms with Crippen molar-refractivity contribution >= 4 is 11.4 Å². The molecule has 0 amide bonds. The van der Waals surface area contributed by atoms with E-state index < -0.39 is 0 Å². The summed E-state index contributed by atoms with van der Waals surface area (Å²) in [6.07, 6.45) is 5.78. The summed E-state index contributed by atoms with van der Waals surface area (Å²) in [6, 6.07) is 0.461. The molecule has 1 aliphatic rings. The molecule has 1 fully saturated rings. The maximum atomic E-state index is 5.12. The highest BCUT2D eigenvalue weighted by Crippen LogP contribution is 2.37. The van der Waals surface area contributed by atoms with E-state index in [-0.39, 0.29) is 5.54 Å². The number of aliphatic imine (C=N–C) groups is 2. The molecule has 0 aromatic rings. The van der Waals surface area contributed by atoms with Gasteiger partial charge in [-0.2, -0.15) is 0 Å². The molecule has 128 valence electrons. The summed E-state index contributed by atoms with van der Waals surface area (Å²) < 4.78 is 0. The third-order valence-electron chi connectivity index (χ3n) is 4.41. The van der Waals surface area contributed by atoms with Crippen LogP contribution in [0.15, 0.2) is 9.98 Å². The van der Waals surface area contributed by atoms with Crippen molar-refractivity contribution in [3.05, 3.63) is 0 Å². The van der Waals surface area contributed by atoms with Crippen LogP contribution in [0.25, 0.3) is 0 Å². The molecule has 2 heteroatoms. The standard InChI is InChI=1S/C20H38N2/c1-14(2)9-17(6)21-19-11-16(5)12-20(8,13-19)22-18(7)10-15(3)4/h14-16,19H,9-13H2,1-8H3. The van der Waals surface area contributed by atoms with Gasteiger partial charge in [0, 0.05) is 11.4 Å². The minimum Gasteiger partial charge on any atom is -0.291 e. The molecule has 22 heavy (non-hydrogen) atoms. The lowest BCUT2D eigenvalue weighted by atomic mass is 9.75. The van der Waals surface area contributed by atoms with Gasteiger partial charge in [-0.1, -0.05) is 34.6 Å². The molecule has 1 saturated carbocycles. The Bertz CT molecular complexity index is 406. The predicted molar refractivity (Wildman–Crippen MR) is 100 cm³/mol. The first kappa shape index (κ1) is 19.4. The van der Waals surface area contributed by atoms with E-state index in [0.717, 1.165) is 25.2 Å². The van der Waals surface area contributed by atoms with E-state index in [9.17, 15) is 0 Å². The molecule has 0 spiro atoms. The number of rotatable bonds is 6. The van der Waals surface area contributed by atoms with E-state index in [1.54, 1.807) is 0 Å². The molecule has 0 bridgehead atoms. The SMILES string of the molecule is CC(CC(C)C)=NC1CC(C)CC(C)(N=C(C)CC(C)C)C1. The van der Waals surface area contributed by atoms with Gasteiger partial charge in [0.25, 0.3) is 0 Å². The highest BCUT2D eigenvalue weighted by atomic mass is 14.9. The fourth-order valence-corrected chi connectivity index (χ4v) is 4.21. The lowest BCUT2D eigenvalue weighted by Gasteiger charge is -2.38. The molecular formula is C20H38N2. The first-order valence-corrected chi connectivity index (χ1v) is 9.18. The van der Waals surface area contributed by atoms with Crippen molar-refractivity contribution in [2.75, 3.05) is 0 Å².